The van der Waals surface area contributed by atoms with Crippen molar-refractivity contribution < 1.29 is 8.78 Å². The molecule has 19 heavy (non-hydrogen) atoms. The number of hydrogen-bond acceptors (Lipinski definition) is 2. The third-order valence-electron chi connectivity index (χ3n) is 3.69. The highest BCUT2D eigenvalue weighted by atomic mass is 19.3. The van der Waals surface area contributed by atoms with Crippen LogP contribution in [-0.2, 0) is 0 Å². The lowest BCUT2D eigenvalue weighted by atomic mass is 10.0. The summed E-state index contributed by atoms with van der Waals surface area (Å²) in [7, 11) is 2.04. The molecule has 0 saturated heterocycles. The molecule has 2 nitrogen and oxygen atoms in total. The van der Waals surface area contributed by atoms with Crippen molar-refractivity contribution in [2.75, 3.05) is 13.6 Å². The first-order chi connectivity index (χ1) is 9.01. The highest BCUT2D eigenvalue weighted by Crippen LogP contribution is 2.25. The molecule has 2 N–H and O–H groups in total. The average Bonchev–Trinajstić information content (AvgIpc) is 2.40. The second kappa shape index (κ2) is 7.56. The zero-order valence-corrected chi connectivity index (χ0v) is 11.9. The number of alkyl halides is 2. The molecule has 0 heterocycles. The largest absolute Gasteiger partial charge is 0.329 e. The summed E-state index contributed by atoms with van der Waals surface area (Å²) in [4.78, 5) is 2.22. The maximum Gasteiger partial charge on any atom is 0.263 e. The molecule has 0 amide bonds. The normalized spacial score (nSPS) is 14.9. The smallest absolute Gasteiger partial charge is 0.263 e. The topological polar surface area (TPSA) is 29.3 Å². The number of halogens is 2. The van der Waals surface area contributed by atoms with Gasteiger partial charge in [0.25, 0.3) is 6.43 Å². The summed E-state index contributed by atoms with van der Waals surface area (Å²) in [6.45, 7) is 4.80. The molecular formula is C15H24F2N2. The Bertz CT molecular complexity index is 365. The van der Waals surface area contributed by atoms with Crippen molar-refractivity contribution in [3.05, 3.63) is 35.4 Å². The van der Waals surface area contributed by atoms with E-state index in [0.29, 0.717) is 12.6 Å². The number of likely N-dealkylation sites (N-methyl/N-ethyl adjacent to an activating group) is 1. The second-order valence-corrected chi connectivity index (χ2v) is 5.02. The molecule has 0 aliphatic heterocycles. The molecule has 0 aliphatic carbocycles. The van der Waals surface area contributed by atoms with Crippen LogP contribution in [0.4, 0.5) is 8.78 Å². The summed E-state index contributed by atoms with van der Waals surface area (Å²) in [6, 6.07) is 6.99. The minimum atomic E-state index is -2.41. The zero-order valence-electron chi connectivity index (χ0n) is 11.9. The van der Waals surface area contributed by atoms with Gasteiger partial charge < -0.3 is 5.73 Å². The first-order valence-corrected chi connectivity index (χ1v) is 6.81. The van der Waals surface area contributed by atoms with Gasteiger partial charge in [0.15, 0.2) is 0 Å². The van der Waals surface area contributed by atoms with Gasteiger partial charge in [-0.3, -0.25) is 4.90 Å². The fourth-order valence-electron chi connectivity index (χ4n) is 2.33. The predicted octanol–water partition coefficient (Wildman–Crippen LogP) is 3.74. The van der Waals surface area contributed by atoms with Gasteiger partial charge in [-0.05, 0) is 26.0 Å². The standard InChI is InChI=1S/C15H24F2N2/c1-4-5-11(2)19(3)14(10-18)12-6-8-13(9-7-12)15(16)17/h6-9,11,14-15H,4-5,10,18H2,1-3H3. The van der Waals surface area contributed by atoms with Gasteiger partial charge in [-0.25, -0.2) is 8.78 Å². The Morgan fingerprint density at radius 1 is 1.16 bits per heavy atom. The van der Waals surface area contributed by atoms with Gasteiger partial charge in [-0.15, -0.1) is 0 Å². The summed E-state index contributed by atoms with van der Waals surface area (Å²) in [6.07, 6.45) is -0.197. The maximum absolute atomic E-state index is 12.5. The molecule has 1 aromatic rings. The van der Waals surface area contributed by atoms with Crippen LogP contribution >= 0.6 is 0 Å². The van der Waals surface area contributed by atoms with Gasteiger partial charge in [0.05, 0.1) is 0 Å². The number of benzene rings is 1. The van der Waals surface area contributed by atoms with Crippen molar-refractivity contribution in [2.45, 2.75) is 45.2 Å². The van der Waals surface area contributed by atoms with E-state index >= 15 is 0 Å². The fraction of sp³-hybridized carbons (Fsp3) is 0.600. The lowest BCUT2D eigenvalue weighted by Crippen LogP contribution is -2.37. The molecular weight excluding hydrogens is 246 g/mol. The van der Waals surface area contributed by atoms with Crippen LogP contribution < -0.4 is 5.73 Å². The van der Waals surface area contributed by atoms with Crippen LogP contribution in [0.25, 0.3) is 0 Å². The summed E-state index contributed by atoms with van der Waals surface area (Å²) < 4.78 is 25.1. The second-order valence-electron chi connectivity index (χ2n) is 5.02. The van der Waals surface area contributed by atoms with E-state index in [1.54, 1.807) is 12.1 Å². The molecule has 4 heteroatoms. The number of nitrogens with zero attached hydrogens (tertiary/aromatic N) is 1. The number of rotatable bonds is 7. The molecule has 2 unspecified atom stereocenters. The molecule has 1 aromatic carbocycles. The van der Waals surface area contributed by atoms with Crippen molar-refractivity contribution in [3.8, 4) is 0 Å². The zero-order chi connectivity index (χ0) is 14.4. The van der Waals surface area contributed by atoms with Gasteiger partial charge in [0.2, 0.25) is 0 Å². The highest BCUT2D eigenvalue weighted by molar-refractivity contribution is 5.26. The Morgan fingerprint density at radius 2 is 1.68 bits per heavy atom. The Kier molecular flexibility index (Phi) is 6.38. The van der Waals surface area contributed by atoms with Gasteiger partial charge in [0.1, 0.15) is 0 Å². The molecule has 1 rings (SSSR count). The highest BCUT2D eigenvalue weighted by Gasteiger charge is 2.20. The van der Waals surface area contributed by atoms with Crippen molar-refractivity contribution in [1.29, 1.82) is 0 Å². The van der Waals surface area contributed by atoms with E-state index in [0.717, 1.165) is 18.4 Å². The van der Waals surface area contributed by atoms with Crippen molar-refractivity contribution in [2.24, 2.45) is 5.73 Å². The van der Waals surface area contributed by atoms with Crippen LogP contribution in [0, 0.1) is 0 Å². The average molecular weight is 270 g/mol. The molecule has 108 valence electrons. The van der Waals surface area contributed by atoms with Crippen LogP contribution in [0.2, 0.25) is 0 Å². The summed E-state index contributed by atoms with van der Waals surface area (Å²) in [5.41, 5.74) is 6.90. The quantitative estimate of drug-likeness (QED) is 0.817. The van der Waals surface area contributed by atoms with Crippen LogP contribution in [0.15, 0.2) is 24.3 Å². The van der Waals surface area contributed by atoms with Crippen LogP contribution in [0.3, 0.4) is 0 Å². The van der Waals surface area contributed by atoms with Crippen LogP contribution in [-0.4, -0.2) is 24.5 Å². The molecule has 0 spiro atoms. The molecule has 0 bridgehead atoms. The first kappa shape index (κ1) is 16.1. The SMILES string of the molecule is CCCC(C)N(C)C(CN)c1ccc(C(F)F)cc1. The van der Waals surface area contributed by atoms with Gasteiger partial charge >= 0.3 is 0 Å². The number of hydrogen-bond donors (Lipinski definition) is 1. The summed E-state index contributed by atoms with van der Waals surface area (Å²) in [5.74, 6) is 0. The van der Waals surface area contributed by atoms with Crippen molar-refractivity contribution >= 4 is 0 Å². The maximum atomic E-state index is 12.5. The predicted molar refractivity (Wildman–Crippen MR) is 75.3 cm³/mol. The molecule has 0 aliphatic rings. The molecule has 0 fully saturated rings. The monoisotopic (exact) mass is 270 g/mol. The Balaban J connectivity index is 2.84. The van der Waals surface area contributed by atoms with Gasteiger partial charge in [-0.1, -0.05) is 37.6 Å². The van der Waals surface area contributed by atoms with E-state index in [-0.39, 0.29) is 11.6 Å². The first-order valence-electron chi connectivity index (χ1n) is 6.81. The van der Waals surface area contributed by atoms with E-state index in [4.69, 9.17) is 5.73 Å². The van der Waals surface area contributed by atoms with E-state index in [9.17, 15) is 8.78 Å². The minimum absolute atomic E-state index is 0.0591. The van der Waals surface area contributed by atoms with Crippen molar-refractivity contribution in [3.63, 3.8) is 0 Å². The number of nitrogens with two attached hydrogens (primary N) is 1. The van der Waals surface area contributed by atoms with Crippen molar-refractivity contribution in [1.82, 2.24) is 4.90 Å². The third-order valence-corrected chi connectivity index (χ3v) is 3.69. The van der Waals surface area contributed by atoms with Gasteiger partial charge in [-0.2, -0.15) is 0 Å². The lowest BCUT2D eigenvalue weighted by molar-refractivity contribution is 0.151. The lowest BCUT2D eigenvalue weighted by Gasteiger charge is -2.32. The van der Waals surface area contributed by atoms with E-state index < -0.39 is 6.43 Å². The molecule has 0 aromatic heterocycles. The van der Waals surface area contributed by atoms with E-state index in [2.05, 4.69) is 18.7 Å². The summed E-state index contributed by atoms with van der Waals surface area (Å²) in [5, 5.41) is 0. The molecule has 0 radical (unpaired) electrons. The minimum Gasteiger partial charge on any atom is -0.329 e. The van der Waals surface area contributed by atoms with Gasteiger partial charge in [0, 0.05) is 24.2 Å². The molecule has 0 saturated carbocycles. The van der Waals surface area contributed by atoms with Crippen LogP contribution in [0.5, 0.6) is 0 Å². The Morgan fingerprint density at radius 3 is 2.11 bits per heavy atom. The fourth-order valence-corrected chi connectivity index (χ4v) is 2.33. The Labute approximate surface area is 114 Å². The van der Waals surface area contributed by atoms with E-state index in [1.165, 1.54) is 12.1 Å². The summed E-state index contributed by atoms with van der Waals surface area (Å²) >= 11 is 0. The van der Waals surface area contributed by atoms with Crippen LogP contribution in [0.1, 0.15) is 50.3 Å². The third kappa shape index (κ3) is 4.25. The molecule has 2 atom stereocenters. The van der Waals surface area contributed by atoms with E-state index in [1.807, 2.05) is 7.05 Å². The Hall–Kier alpha value is -1.00.